The predicted octanol–water partition coefficient (Wildman–Crippen LogP) is 1.81. The van der Waals surface area contributed by atoms with Crippen molar-refractivity contribution in [3.05, 3.63) is 16.0 Å². The van der Waals surface area contributed by atoms with E-state index in [2.05, 4.69) is 5.32 Å². The number of esters is 1. The molecule has 1 amide bonds. The molecule has 1 aromatic heterocycles. The molecule has 0 saturated heterocycles. The summed E-state index contributed by atoms with van der Waals surface area (Å²) in [5.74, 6) is -2.95. The van der Waals surface area contributed by atoms with Crippen LogP contribution in [-0.4, -0.2) is 30.1 Å². The van der Waals surface area contributed by atoms with E-state index in [1.807, 2.05) is 6.92 Å². The molecule has 0 bridgehead atoms. The molecule has 1 aromatic rings. The summed E-state index contributed by atoms with van der Waals surface area (Å²) in [4.78, 5) is 35.4. The first-order valence-corrected chi connectivity index (χ1v) is 6.90. The molecule has 1 aliphatic carbocycles. The van der Waals surface area contributed by atoms with Gasteiger partial charge in [-0.15, -0.1) is 11.3 Å². The average molecular weight is 297 g/mol. The third-order valence-electron chi connectivity index (χ3n) is 3.46. The lowest BCUT2D eigenvalue weighted by Gasteiger charge is -2.05. The van der Waals surface area contributed by atoms with Gasteiger partial charge in [0.25, 0.3) is 0 Å². The topological polar surface area (TPSA) is 92.7 Å². The Balaban J connectivity index is 2.18. The molecule has 7 heteroatoms. The summed E-state index contributed by atoms with van der Waals surface area (Å²) < 4.78 is 4.71. The molecule has 1 fully saturated rings. The lowest BCUT2D eigenvalue weighted by Crippen LogP contribution is -2.18. The van der Waals surface area contributed by atoms with Crippen molar-refractivity contribution in [2.24, 2.45) is 11.8 Å². The van der Waals surface area contributed by atoms with Crippen molar-refractivity contribution in [1.82, 2.24) is 0 Å². The standard InChI is InChI=1S/C13H15NO5S/c1-5-6(2)20-11(9(5)13(18)19-3)14-10(15)7-4-8(7)12(16)17/h7-8H,4H2,1-3H3,(H,14,15)(H,16,17). The highest BCUT2D eigenvalue weighted by atomic mass is 32.1. The number of methoxy groups -OCH3 is 1. The Bertz CT molecular complexity index is 592. The van der Waals surface area contributed by atoms with E-state index >= 15 is 0 Å². The number of aryl methyl sites for hydroxylation is 1. The van der Waals surface area contributed by atoms with Crippen LogP contribution in [0.3, 0.4) is 0 Å². The van der Waals surface area contributed by atoms with Crippen LogP contribution in [0.25, 0.3) is 0 Å². The highest BCUT2D eigenvalue weighted by molar-refractivity contribution is 7.16. The van der Waals surface area contributed by atoms with E-state index in [1.165, 1.54) is 18.4 Å². The van der Waals surface area contributed by atoms with Crippen LogP contribution in [-0.2, 0) is 14.3 Å². The van der Waals surface area contributed by atoms with E-state index in [9.17, 15) is 14.4 Å². The number of carbonyl (C=O) groups excluding carboxylic acids is 2. The second-order valence-electron chi connectivity index (χ2n) is 4.76. The summed E-state index contributed by atoms with van der Waals surface area (Å²) in [6.45, 7) is 3.63. The number of carbonyl (C=O) groups is 3. The van der Waals surface area contributed by atoms with Crippen molar-refractivity contribution in [3.63, 3.8) is 0 Å². The quantitative estimate of drug-likeness (QED) is 0.827. The monoisotopic (exact) mass is 297 g/mol. The minimum absolute atomic E-state index is 0.343. The van der Waals surface area contributed by atoms with Crippen molar-refractivity contribution in [1.29, 1.82) is 0 Å². The molecule has 20 heavy (non-hydrogen) atoms. The molecule has 108 valence electrons. The van der Waals surface area contributed by atoms with Crippen LogP contribution in [0.4, 0.5) is 5.00 Å². The molecule has 0 aliphatic heterocycles. The summed E-state index contributed by atoms with van der Waals surface area (Å²) in [5.41, 5.74) is 1.11. The van der Waals surface area contributed by atoms with Crippen LogP contribution >= 0.6 is 11.3 Å². The number of nitrogens with one attached hydrogen (secondary N) is 1. The number of hydrogen-bond donors (Lipinski definition) is 2. The Hall–Kier alpha value is -1.89. The Morgan fingerprint density at radius 2 is 1.95 bits per heavy atom. The molecular formula is C13H15NO5S. The molecule has 1 saturated carbocycles. The van der Waals surface area contributed by atoms with Crippen LogP contribution < -0.4 is 5.32 Å². The summed E-state index contributed by atoms with van der Waals surface area (Å²) >= 11 is 1.29. The Labute approximate surface area is 119 Å². The van der Waals surface area contributed by atoms with Gasteiger partial charge in [-0.05, 0) is 25.8 Å². The SMILES string of the molecule is COC(=O)c1c(NC(=O)C2CC2C(=O)O)sc(C)c1C. The van der Waals surface area contributed by atoms with Crippen molar-refractivity contribution in [3.8, 4) is 0 Å². The second kappa shape index (κ2) is 5.24. The van der Waals surface area contributed by atoms with Crippen molar-refractivity contribution < 1.29 is 24.2 Å². The molecule has 0 aromatic carbocycles. The van der Waals surface area contributed by atoms with Crippen molar-refractivity contribution >= 4 is 34.2 Å². The largest absolute Gasteiger partial charge is 0.481 e. The number of aliphatic carboxylic acids is 1. The van der Waals surface area contributed by atoms with Gasteiger partial charge in [0.05, 0.1) is 24.5 Å². The third kappa shape index (κ3) is 2.53. The van der Waals surface area contributed by atoms with Gasteiger partial charge in [-0.1, -0.05) is 0 Å². The summed E-state index contributed by atoms with van der Waals surface area (Å²) in [5, 5.41) is 11.9. The summed E-state index contributed by atoms with van der Waals surface area (Å²) in [7, 11) is 1.28. The van der Waals surface area contributed by atoms with Gasteiger partial charge in [-0.3, -0.25) is 9.59 Å². The fourth-order valence-corrected chi connectivity index (χ4v) is 3.08. The molecule has 1 aliphatic rings. The van der Waals surface area contributed by atoms with Gasteiger partial charge in [0.2, 0.25) is 5.91 Å². The maximum Gasteiger partial charge on any atom is 0.341 e. The Kier molecular flexibility index (Phi) is 3.80. The Morgan fingerprint density at radius 3 is 2.45 bits per heavy atom. The molecular weight excluding hydrogens is 282 g/mol. The zero-order valence-electron chi connectivity index (χ0n) is 11.4. The number of amides is 1. The fourth-order valence-electron chi connectivity index (χ4n) is 2.03. The number of carboxylic acid groups (broad SMARTS) is 1. The number of thiophene rings is 1. The van der Waals surface area contributed by atoms with Gasteiger partial charge in [0.1, 0.15) is 5.00 Å². The molecule has 6 nitrogen and oxygen atoms in total. The molecule has 0 spiro atoms. The highest BCUT2D eigenvalue weighted by Crippen LogP contribution is 2.41. The van der Waals surface area contributed by atoms with E-state index in [0.29, 0.717) is 17.0 Å². The maximum absolute atomic E-state index is 12.0. The first kappa shape index (κ1) is 14.5. The van der Waals surface area contributed by atoms with Gasteiger partial charge < -0.3 is 15.2 Å². The average Bonchev–Trinajstić information content (AvgIpc) is 3.13. The van der Waals surface area contributed by atoms with Crippen molar-refractivity contribution in [2.75, 3.05) is 12.4 Å². The second-order valence-corrected chi connectivity index (χ2v) is 5.98. The highest BCUT2D eigenvalue weighted by Gasteiger charge is 2.48. The van der Waals surface area contributed by atoms with Crippen LogP contribution in [0.5, 0.6) is 0 Å². The fraction of sp³-hybridized carbons (Fsp3) is 0.462. The molecule has 2 atom stereocenters. The summed E-state index contributed by atoms with van der Waals surface area (Å²) in [6, 6.07) is 0. The molecule has 2 N–H and O–H groups in total. The van der Waals surface area contributed by atoms with Crippen molar-refractivity contribution in [2.45, 2.75) is 20.3 Å². The molecule has 0 radical (unpaired) electrons. The minimum atomic E-state index is -0.961. The van der Waals surface area contributed by atoms with E-state index in [1.54, 1.807) is 6.92 Å². The zero-order valence-corrected chi connectivity index (χ0v) is 12.2. The lowest BCUT2D eigenvalue weighted by molar-refractivity contribution is -0.139. The predicted molar refractivity (Wildman–Crippen MR) is 73.0 cm³/mol. The van der Waals surface area contributed by atoms with E-state index in [-0.39, 0.29) is 5.91 Å². The van der Waals surface area contributed by atoms with E-state index in [4.69, 9.17) is 9.84 Å². The van der Waals surface area contributed by atoms with Crippen LogP contribution in [0, 0.1) is 25.7 Å². The molecule has 1 heterocycles. The van der Waals surface area contributed by atoms with Gasteiger partial charge in [0, 0.05) is 4.88 Å². The number of hydrogen-bond acceptors (Lipinski definition) is 5. The third-order valence-corrected chi connectivity index (χ3v) is 4.58. The van der Waals surface area contributed by atoms with Crippen LogP contribution in [0.2, 0.25) is 0 Å². The van der Waals surface area contributed by atoms with Gasteiger partial charge in [-0.2, -0.15) is 0 Å². The van der Waals surface area contributed by atoms with E-state index < -0.39 is 23.8 Å². The van der Waals surface area contributed by atoms with Gasteiger partial charge in [-0.25, -0.2) is 4.79 Å². The number of ether oxygens (including phenoxy) is 1. The smallest absolute Gasteiger partial charge is 0.341 e. The van der Waals surface area contributed by atoms with Gasteiger partial charge >= 0.3 is 11.9 Å². The number of anilines is 1. The molecule has 2 rings (SSSR count). The normalized spacial score (nSPS) is 20.4. The molecule has 2 unspecified atom stereocenters. The maximum atomic E-state index is 12.0. The van der Waals surface area contributed by atoms with E-state index in [0.717, 1.165) is 10.4 Å². The van der Waals surface area contributed by atoms with Gasteiger partial charge in [0.15, 0.2) is 0 Å². The minimum Gasteiger partial charge on any atom is -0.481 e. The Morgan fingerprint density at radius 1 is 1.30 bits per heavy atom. The summed E-state index contributed by atoms with van der Waals surface area (Å²) in [6.07, 6.45) is 0.345. The first-order chi connectivity index (χ1) is 9.36. The van der Waals surface area contributed by atoms with Crippen LogP contribution in [0.1, 0.15) is 27.2 Å². The first-order valence-electron chi connectivity index (χ1n) is 6.08. The number of rotatable bonds is 4. The number of carboxylic acids is 1. The van der Waals surface area contributed by atoms with Crippen LogP contribution in [0.15, 0.2) is 0 Å². The zero-order chi connectivity index (χ0) is 15.0. The lowest BCUT2D eigenvalue weighted by atomic mass is 10.1.